The number of fused-ring (bicyclic) bond motifs is 1. The largest absolute Gasteiger partial charge is 0.444 e. The predicted molar refractivity (Wildman–Crippen MR) is 157 cm³/mol. The van der Waals surface area contributed by atoms with Crippen molar-refractivity contribution in [1.82, 2.24) is 20.2 Å². The van der Waals surface area contributed by atoms with Crippen LogP contribution in [0.1, 0.15) is 59.4 Å². The molecule has 0 saturated carbocycles. The molecule has 41 heavy (non-hydrogen) atoms. The molecule has 222 valence electrons. The molecule has 2 amide bonds. The highest BCUT2D eigenvalue weighted by Gasteiger charge is 2.51. The Morgan fingerprint density at radius 2 is 1.85 bits per heavy atom. The molecule has 2 aromatic rings. The first kappa shape index (κ1) is 29.1. The Morgan fingerprint density at radius 1 is 1.12 bits per heavy atom. The Morgan fingerprint density at radius 3 is 2.51 bits per heavy atom. The van der Waals surface area contributed by atoms with Crippen LogP contribution in [0.3, 0.4) is 0 Å². The summed E-state index contributed by atoms with van der Waals surface area (Å²) < 4.78 is 20.7. The Bertz CT molecular complexity index is 1300. The van der Waals surface area contributed by atoms with E-state index in [2.05, 4.69) is 29.0 Å². The Balaban J connectivity index is 1.45. The molecular formula is C31H43FN6O3. The van der Waals surface area contributed by atoms with Crippen molar-refractivity contribution in [3.8, 4) is 11.3 Å². The number of anilines is 2. The van der Waals surface area contributed by atoms with Crippen molar-refractivity contribution in [3.05, 3.63) is 35.6 Å². The smallest absolute Gasteiger partial charge is 0.410 e. The third kappa shape index (κ3) is 6.11. The molecule has 1 N–H and O–H groups in total. The number of carbonyl (C=O) groups is 2. The number of nitrogens with zero attached hydrogens (tertiary/aromatic N) is 5. The predicted octanol–water partition coefficient (Wildman–Crippen LogP) is 4.64. The molecule has 2 saturated heterocycles. The summed E-state index contributed by atoms with van der Waals surface area (Å²) >= 11 is 0. The lowest BCUT2D eigenvalue weighted by Crippen LogP contribution is -2.60. The molecule has 10 heteroatoms. The van der Waals surface area contributed by atoms with Crippen LogP contribution in [0.25, 0.3) is 11.3 Å². The number of hydrogen-bond acceptors (Lipinski definition) is 7. The molecule has 5 rings (SSSR count). The maximum atomic E-state index is 15.1. The molecule has 0 bridgehead atoms. The quantitative estimate of drug-likeness (QED) is 0.522. The van der Waals surface area contributed by atoms with Gasteiger partial charge in [0.25, 0.3) is 0 Å². The van der Waals surface area contributed by atoms with Crippen molar-refractivity contribution in [2.24, 2.45) is 11.3 Å². The van der Waals surface area contributed by atoms with Gasteiger partial charge < -0.3 is 24.8 Å². The standard InChI is InChI=1S/C31H43FN6O3/c1-20(2)15-21(16-25(39)33-6)38-13-11-23-26(22-9-7-8-10-24(22)32)34-28(35-27(23)38)36-14-12-31(17-36)18-37(19-31)29(40)41-30(3,4)5/h7-10,20-21H,11-19H2,1-6H3,(H,33,39)/t21-/m0/s1. The number of benzene rings is 1. The van der Waals surface area contributed by atoms with Gasteiger partial charge in [0.2, 0.25) is 11.9 Å². The molecule has 1 aromatic carbocycles. The van der Waals surface area contributed by atoms with Crippen molar-refractivity contribution in [3.63, 3.8) is 0 Å². The van der Waals surface area contributed by atoms with Crippen molar-refractivity contribution in [1.29, 1.82) is 0 Å². The highest BCUT2D eigenvalue weighted by Crippen LogP contribution is 2.43. The first-order valence-electron chi connectivity index (χ1n) is 14.7. The topological polar surface area (TPSA) is 90.9 Å². The molecule has 3 aliphatic rings. The maximum absolute atomic E-state index is 15.1. The zero-order chi connectivity index (χ0) is 29.5. The van der Waals surface area contributed by atoms with Gasteiger partial charge in [0.1, 0.15) is 17.2 Å². The van der Waals surface area contributed by atoms with Crippen molar-refractivity contribution in [2.45, 2.75) is 71.9 Å². The Kier molecular flexibility index (Phi) is 7.87. The monoisotopic (exact) mass is 566 g/mol. The Labute approximate surface area is 242 Å². The number of ether oxygens (including phenoxy) is 1. The highest BCUT2D eigenvalue weighted by molar-refractivity contribution is 5.78. The first-order chi connectivity index (χ1) is 19.4. The first-order valence-corrected chi connectivity index (χ1v) is 14.7. The van der Waals surface area contributed by atoms with Crippen molar-refractivity contribution >= 4 is 23.8 Å². The number of hydrogen-bond donors (Lipinski definition) is 1. The minimum atomic E-state index is -0.528. The summed E-state index contributed by atoms with van der Waals surface area (Å²) in [4.78, 5) is 41.3. The van der Waals surface area contributed by atoms with Crippen molar-refractivity contribution < 1.29 is 18.7 Å². The van der Waals surface area contributed by atoms with E-state index in [0.29, 0.717) is 55.6 Å². The number of aromatic nitrogens is 2. The SMILES string of the molecule is CNC(=O)C[C@H](CC(C)C)N1CCc2c(-c3ccccc3F)nc(N3CCC4(CN(C(=O)OC(C)(C)C)C4)C3)nc21. The number of amides is 2. The van der Waals surface area contributed by atoms with Crippen LogP contribution >= 0.6 is 0 Å². The van der Waals surface area contributed by atoms with E-state index in [1.807, 2.05) is 26.8 Å². The summed E-state index contributed by atoms with van der Waals surface area (Å²) in [6.45, 7) is 13.4. The lowest BCUT2D eigenvalue weighted by Gasteiger charge is -2.47. The van der Waals surface area contributed by atoms with Gasteiger partial charge in [0.05, 0.1) is 5.69 Å². The van der Waals surface area contributed by atoms with Crippen LogP contribution in [0, 0.1) is 17.2 Å². The molecule has 3 aliphatic heterocycles. The lowest BCUT2D eigenvalue weighted by atomic mass is 9.79. The molecule has 4 heterocycles. The van der Waals surface area contributed by atoms with E-state index in [1.165, 1.54) is 6.07 Å². The molecule has 0 unspecified atom stereocenters. The van der Waals surface area contributed by atoms with Gasteiger partial charge in [-0.2, -0.15) is 4.98 Å². The molecule has 1 aromatic heterocycles. The normalized spacial score (nSPS) is 18.5. The summed E-state index contributed by atoms with van der Waals surface area (Å²) in [6.07, 6.45) is 2.54. The van der Waals surface area contributed by atoms with Gasteiger partial charge in [-0.05, 0) is 58.1 Å². The third-order valence-corrected chi connectivity index (χ3v) is 8.29. The number of rotatable bonds is 7. The van der Waals surface area contributed by atoms with Gasteiger partial charge in [-0.15, -0.1) is 0 Å². The van der Waals surface area contributed by atoms with E-state index in [4.69, 9.17) is 14.7 Å². The number of likely N-dealkylation sites (tertiary alicyclic amines) is 1. The van der Waals surface area contributed by atoms with E-state index in [1.54, 1.807) is 24.1 Å². The fourth-order valence-corrected chi connectivity index (χ4v) is 6.40. The zero-order valence-electron chi connectivity index (χ0n) is 25.2. The highest BCUT2D eigenvalue weighted by atomic mass is 19.1. The molecule has 9 nitrogen and oxygen atoms in total. The summed E-state index contributed by atoms with van der Waals surface area (Å²) in [5.41, 5.74) is 1.46. The van der Waals surface area contributed by atoms with Gasteiger partial charge in [0.15, 0.2) is 0 Å². The Hall–Kier alpha value is -3.43. The maximum Gasteiger partial charge on any atom is 0.410 e. The van der Waals surface area contributed by atoms with Crippen LogP contribution in [0.15, 0.2) is 24.3 Å². The van der Waals surface area contributed by atoms with Gasteiger partial charge in [0, 0.05) is 68.8 Å². The fourth-order valence-electron chi connectivity index (χ4n) is 6.40. The summed E-state index contributed by atoms with van der Waals surface area (Å²) in [5, 5.41) is 2.77. The molecule has 0 radical (unpaired) electrons. The van der Waals surface area contributed by atoms with E-state index in [-0.39, 0.29) is 29.3 Å². The third-order valence-electron chi connectivity index (χ3n) is 8.29. The van der Waals surface area contributed by atoms with Gasteiger partial charge in [-0.1, -0.05) is 26.0 Å². The average molecular weight is 567 g/mol. The van der Waals surface area contributed by atoms with Crippen LogP contribution < -0.4 is 15.1 Å². The summed E-state index contributed by atoms with van der Waals surface area (Å²) in [6, 6.07) is 6.74. The van der Waals surface area contributed by atoms with E-state index < -0.39 is 5.60 Å². The summed E-state index contributed by atoms with van der Waals surface area (Å²) in [7, 11) is 1.66. The zero-order valence-corrected chi connectivity index (χ0v) is 25.2. The average Bonchev–Trinajstić information content (AvgIpc) is 3.51. The number of nitrogens with one attached hydrogen (secondary N) is 1. The minimum Gasteiger partial charge on any atom is -0.444 e. The van der Waals surface area contributed by atoms with Crippen molar-refractivity contribution in [2.75, 3.05) is 49.6 Å². The van der Waals surface area contributed by atoms with Gasteiger partial charge >= 0.3 is 6.09 Å². The second kappa shape index (κ2) is 11.1. The minimum absolute atomic E-state index is 0.00582. The second-order valence-electron chi connectivity index (χ2n) is 13.3. The number of halogens is 1. The molecule has 0 aliphatic carbocycles. The molecule has 2 fully saturated rings. The van der Waals surface area contributed by atoms with Crippen LogP contribution in [0.2, 0.25) is 0 Å². The lowest BCUT2D eigenvalue weighted by molar-refractivity contribution is -0.121. The van der Waals surface area contributed by atoms with Gasteiger partial charge in [-0.3, -0.25) is 4.79 Å². The van der Waals surface area contributed by atoms with Crippen LogP contribution in [-0.2, 0) is 16.0 Å². The van der Waals surface area contributed by atoms with E-state index >= 15 is 4.39 Å². The van der Waals surface area contributed by atoms with Crippen LogP contribution in [0.4, 0.5) is 21.0 Å². The molecule has 1 spiro atoms. The molecule has 1 atom stereocenters. The number of carbonyl (C=O) groups excluding carboxylic acids is 2. The molecular weight excluding hydrogens is 523 g/mol. The van der Waals surface area contributed by atoms with E-state index in [0.717, 1.165) is 37.3 Å². The van der Waals surface area contributed by atoms with Gasteiger partial charge in [-0.25, -0.2) is 14.2 Å². The van der Waals surface area contributed by atoms with E-state index in [9.17, 15) is 9.59 Å². The van der Waals surface area contributed by atoms with Crippen LogP contribution in [-0.4, -0.2) is 78.3 Å². The summed E-state index contributed by atoms with van der Waals surface area (Å²) in [5.74, 6) is 1.45. The van der Waals surface area contributed by atoms with Crippen LogP contribution in [0.5, 0.6) is 0 Å². The fraction of sp³-hybridized carbons (Fsp3) is 0.613. The second-order valence-corrected chi connectivity index (χ2v) is 13.3.